The van der Waals surface area contributed by atoms with Crippen LogP contribution in [0.1, 0.15) is 10.0 Å². The first kappa shape index (κ1) is 12.6. The zero-order valence-electron chi connectivity index (χ0n) is 10.7. The molecule has 0 saturated carbocycles. The molecule has 4 aromatic rings. The highest BCUT2D eigenvalue weighted by molar-refractivity contribution is 7.69. The van der Waals surface area contributed by atoms with Gasteiger partial charge in [0.25, 0.3) is 0 Å². The van der Waals surface area contributed by atoms with Crippen LogP contribution in [0.5, 0.6) is 0 Å². The normalized spacial score (nSPS) is 10.8. The van der Waals surface area contributed by atoms with Gasteiger partial charge in [0.05, 0.1) is 9.40 Å². The fraction of sp³-hybridized carbons (Fsp3) is 0. The lowest BCUT2D eigenvalue weighted by Crippen LogP contribution is -1.71. The van der Waals surface area contributed by atoms with Crippen LogP contribution in [0, 0.1) is 24.7 Å². The van der Waals surface area contributed by atoms with Crippen LogP contribution in [0.15, 0.2) is 30.3 Å². The molecule has 2 nitrogen and oxygen atoms in total. The Balaban J connectivity index is 2.19. The van der Waals surface area contributed by atoms with Crippen LogP contribution in [-0.2, 0) is 0 Å². The Morgan fingerprint density at radius 3 is 1.86 bits per heavy atom. The summed E-state index contributed by atoms with van der Waals surface area (Å²) in [5, 5.41) is 4.84. The van der Waals surface area contributed by atoms with Gasteiger partial charge in [-0.05, 0) is 19.4 Å². The third-order valence-electron chi connectivity index (χ3n) is 3.11. The molecule has 0 aliphatic carbocycles. The average molecular weight is 322 g/mol. The maximum Gasteiger partial charge on any atom is 0.168 e. The Morgan fingerprint density at radius 1 is 0.857 bits per heavy atom. The molecule has 3 heterocycles. The Kier molecular flexibility index (Phi) is 2.84. The first-order valence-electron chi connectivity index (χ1n) is 6.12. The van der Waals surface area contributed by atoms with Crippen molar-refractivity contribution in [1.82, 2.24) is 9.97 Å². The Labute approximate surface area is 130 Å². The molecule has 0 N–H and O–H groups in total. The van der Waals surface area contributed by atoms with Crippen molar-refractivity contribution in [3.63, 3.8) is 0 Å². The van der Waals surface area contributed by atoms with E-state index in [0.29, 0.717) is 0 Å². The number of nitrogens with zero attached hydrogens (tertiary/aromatic N) is 2. The van der Waals surface area contributed by atoms with E-state index in [9.17, 15) is 0 Å². The molecule has 0 bridgehead atoms. The van der Waals surface area contributed by atoms with Crippen LogP contribution in [0.2, 0.25) is 0 Å². The molecule has 4 rings (SSSR count). The van der Waals surface area contributed by atoms with Crippen LogP contribution in [0.4, 0.5) is 0 Å². The molecule has 0 radical (unpaired) electrons. The molecule has 1 aromatic carbocycles. The minimum absolute atomic E-state index is 0.727. The van der Waals surface area contributed by atoms with Gasteiger partial charge in [0.2, 0.25) is 0 Å². The molecule has 0 amide bonds. The zero-order chi connectivity index (χ0) is 14.4. The maximum absolute atomic E-state index is 5.51. The molecule has 21 heavy (non-hydrogen) atoms. The number of hydrogen-bond donors (Lipinski definition) is 0. The summed E-state index contributed by atoms with van der Waals surface area (Å²) in [6, 6.07) is 10.3. The van der Waals surface area contributed by atoms with E-state index >= 15 is 0 Å². The van der Waals surface area contributed by atoms with E-state index in [2.05, 4.69) is 33.9 Å². The quantitative estimate of drug-likeness (QED) is 0.468. The lowest BCUT2D eigenvalue weighted by molar-refractivity contribution is 1.48. The predicted molar refractivity (Wildman–Crippen MR) is 92.7 cm³/mol. The third kappa shape index (κ3) is 1.82. The summed E-state index contributed by atoms with van der Waals surface area (Å²) in [5.41, 5.74) is 0. The van der Waals surface area contributed by atoms with Crippen LogP contribution >= 0.6 is 30.2 Å². The van der Waals surface area contributed by atoms with Crippen molar-refractivity contribution in [2.24, 2.45) is 0 Å². The minimum Gasteiger partial charge on any atom is -0.223 e. The van der Waals surface area contributed by atoms with Crippen molar-refractivity contribution < 1.29 is 0 Å². The second-order valence-electron chi connectivity index (χ2n) is 4.30. The molecule has 0 fully saturated rings. The van der Waals surface area contributed by atoms with E-state index in [-0.39, 0.29) is 0 Å². The van der Waals surface area contributed by atoms with Crippen molar-refractivity contribution in [3.8, 4) is 30.0 Å². The number of terminal acetylenes is 2. The van der Waals surface area contributed by atoms with Gasteiger partial charge in [-0.1, -0.05) is 30.3 Å². The molecule has 0 atom stereocenters. The molecule has 5 heteroatoms. The Bertz CT molecular complexity index is 989. The largest absolute Gasteiger partial charge is 0.223 e. The van der Waals surface area contributed by atoms with Crippen LogP contribution < -0.4 is 0 Å². The number of hydrogen-bond acceptors (Lipinski definition) is 4. The molecule has 0 unspecified atom stereocenters. The fourth-order valence-electron chi connectivity index (χ4n) is 2.27. The number of fused-ring (bicyclic) bond motifs is 3. The summed E-state index contributed by atoms with van der Waals surface area (Å²) in [6.45, 7) is 0. The van der Waals surface area contributed by atoms with Crippen molar-refractivity contribution in [2.75, 3.05) is 0 Å². The van der Waals surface area contributed by atoms with Gasteiger partial charge in [0.15, 0.2) is 10.0 Å². The first-order chi connectivity index (χ1) is 10.3. The van der Waals surface area contributed by atoms with Crippen LogP contribution in [-0.4, -0.2) is 9.97 Å². The monoisotopic (exact) mass is 322 g/mol. The molecule has 0 aliphatic rings. The lowest BCUT2D eigenvalue weighted by Gasteiger charge is -1.98. The fourth-order valence-corrected chi connectivity index (χ4v) is 7.25. The maximum atomic E-state index is 5.51. The minimum atomic E-state index is -0.734. The molecule has 0 saturated heterocycles. The molecule has 98 valence electrons. The van der Waals surface area contributed by atoms with Crippen LogP contribution in [0.3, 0.4) is 0 Å². The summed E-state index contributed by atoms with van der Waals surface area (Å²) in [5.74, 6) is 5.28. The predicted octanol–water partition coefficient (Wildman–Crippen LogP) is 4.84. The summed E-state index contributed by atoms with van der Waals surface area (Å²) in [6.07, 6.45) is 11.0. The van der Waals surface area contributed by atoms with E-state index in [1.165, 1.54) is 5.30 Å². The van der Waals surface area contributed by atoms with Gasteiger partial charge in [-0.15, -0.1) is 35.5 Å². The highest BCUT2D eigenvalue weighted by Gasteiger charge is 2.21. The smallest absolute Gasteiger partial charge is 0.168 e. The van der Waals surface area contributed by atoms with Crippen LogP contribution in [0.25, 0.3) is 25.2 Å². The molecule has 0 aliphatic heterocycles. The number of aromatic nitrogens is 2. The highest BCUT2D eigenvalue weighted by atomic mass is 32.1. The number of benzene rings is 1. The second kappa shape index (κ2) is 4.72. The molecular weight excluding hydrogens is 315 g/mol. The summed E-state index contributed by atoms with van der Waals surface area (Å²) >= 11 is 3.12. The van der Waals surface area contributed by atoms with E-state index in [1.54, 1.807) is 22.7 Å². The van der Waals surface area contributed by atoms with Crippen molar-refractivity contribution in [2.45, 2.75) is 0 Å². The van der Waals surface area contributed by atoms with Gasteiger partial charge >= 0.3 is 0 Å². The average Bonchev–Trinajstić information content (AvgIpc) is 3.17. The van der Waals surface area contributed by atoms with Gasteiger partial charge in [0, 0.05) is 5.30 Å². The molecule has 3 aromatic heterocycles. The van der Waals surface area contributed by atoms with Crippen molar-refractivity contribution in [3.05, 3.63) is 40.3 Å². The number of thiazole rings is 2. The van der Waals surface area contributed by atoms with Gasteiger partial charge in [0.1, 0.15) is 10.5 Å². The lowest BCUT2D eigenvalue weighted by atomic mass is 10.4. The second-order valence-corrected chi connectivity index (χ2v) is 8.34. The summed E-state index contributed by atoms with van der Waals surface area (Å²) in [7, 11) is -0.734. The van der Waals surface area contributed by atoms with Gasteiger partial charge in [-0.3, -0.25) is 0 Å². The Hall–Kier alpha value is -2.10. The first-order valence-corrected chi connectivity index (χ1v) is 9.09. The zero-order valence-corrected chi connectivity index (χ0v) is 13.2. The van der Waals surface area contributed by atoms with Crippen molar-refractivity contribution in [1.29, 1.82) is 0 Å². The van der Waals surface area contributed by atoms with Crippen molar-refractivity contribution >= 4 is 50.1 Å². The molecule has 0 spiro atoms. The van der Waals surface area contributed by atoms with E-state index in [4.69, 9.17) is 12.8 Å². The van der Waals surface area contributed by atoms with E-state index in [1.807, 2.05) is 18.2 Å². The summed E-state index contributed by atoms with van der Waals surface area (Å²) < 4.78 is 2.29. The standard InChI is InChI=1S/C16H7N2PS2/c1-3-11-17-15-13(20-11)14-16(18-12(4-2)21-14)19(15)10-8-6-5-7-9-10/h1-2,5-9H. The van der Waals surface area contributed by atoms with E-state index in [0.717, 1.165) is 29.9 Å². The number of rotatable bonds is 1. The van der Waals surface area contributed by atoms with E-state index < -0.39 is 7.53 Å². The van der Waals surface area contributed by atoms with Gasteiger partial charge in [-0.25, -0.2) is 9.97 Å². The summed E-state index contributed by atoms with van der Waals surface area (Å²) in [4.78, 5) is 9.27. The van der Waals surface area contributed by atoms with Gasteiger partial charge < -0.3 is 0 Å². The topological polar surface area (TPSA) is 25.8 Å². The Morgan fingerprint density at radius 2 is 1.38 bits per heavy atom. The third-order valence-corrected chi connectivity index (χ3v) is 7.86. The van der Waals surface area contributed by atoms with Gasteiger partial charge in [-0.2, -0.15) is 0 Å². The SMILES string of the molecule is C#Cc1nc2c(s1)c1sc(C#C)nc1p2-c1ccccc1. The molecular formula is C16H7N2PS2. The highest BCUT2D eigenvalue weighted by Crippen LogP contribution is 2.56.